The molecule has 3 N–H and O–H groups in total. The lowest BCUT2D eigenvalue weighted by Crippen LogP contribution is -2.38. The Morgan fingerprint density at radius 3 is 2.57 bits per heavy atom. The van der Waals surface area contributed by atoms with Gasteiger partial charge in [0.15, 0.2) is 9.84 Å². The zero-order chi connectivity index (χ0) is 15.5. The Kier molecular flexibility index (Phi) is 4.97. The molecule has 21 heavy (non-hydrogen) atoms. The van der Waals surface area contributed by atoms with Crippen LogP contribution in [0.15, 0.2) is 24.3 Å². The van der Waals surface area contributed by atoms with E-state index in [0.29, 0.717) is 18.7 Å². The molecule has 2 rings (SSSR count). The molecular formula is C14H21N3O3S. The Morgan fingerprint density at radius 1 is 1.38 bits per heavy atom. The van der Waals surface area contributed by atoms with Gasteiger partial charge in [0.25, 0.3) is 0 Å². The van der Waals surface area contributed by atoms with Crippen LogP contribution in [-0.2, 0) is 21.2 Å². The largest absolute Gasteiger partial charge is 0.326 e. The second-order valence-electron chi connectivity index (χ2n) is 5.42. The SMILES string of the molecule is CN(CC(=O)Nc1ccc(CN)cc1)C1CCS(=O)(=O)C1. The Hall–Kier alpha value is -1.44. The fourth-order valence-corrected chi connectivity index (χ4v) is 4.21. The second kappa shape index (κ2) is 6.55. The molecule has 0 radical (unpaired) electrons. The highest BCUT2D eigenvalue weighted by molar-refractivity contribution is 7.91. The second-order valence-corrected chi connectivity index (χ2v) is 7.65. The minimum Gasteiger partial charge on any atom is -0.326 e. The van der Waals surface area contributed by atoms with Crippen molar-refractivity contribution in [3.05, 3.63) is 29.8 Å². The normalized spacial score (nSPS) is 20.6. The average Bonchev–Trinajstić information content (AvgIpc) is 2.80. The molecule has 1 amide bonds. The van der Waals surface area contributed by atoms with Crippen LogP contribution >= 0.6 is 0 Å². The number of carbonyl (C=O) groups is 1. The molecular weight excluding hydrogens is 290 g/mol. The van der Waals surface area contributed by atoms with Crippen LogP contribution < -0.4 is 11.1 Å². The molecule has 1 aromatic carbocycles. The number of rotatable bonds is 5. The van der Waals surface area contributed by atoms with E-state index in [1.165, 1.54) is 0 Å². The van der Waals surface area contributed by atoms with Crippen LogP contribution in [0.3, 0.4) is 0 Å². The molecule has 1 saturated heterocycles. The van der Waals surface area contributed by atoms with Gasteiger partial charge in [0.2, 0.25) is 5.91 Å². The molecule has 1 aromatic rings. The van der Waals surface area contributed by atoms with Crippen molar-refractivity contribution in [1.29, 1.82) is 0 Å². The minimum atomic E-state index is -2.93. The van der Waals surface area contributed by atoms with Gasteiger partial charge in [0.05, 0.1) is 18.1 Å². The van der Waals surface area contributed by atoms with E-state index < -0.39 is 9.84 Å². The van der Waals surface area contributed by atoms with Gasteiger partial charge >= 0.3 is 0 Å². The number of nitrogens with zero attached hydrogens (tertiary/aromatic N) is 1. The molecule has 1 aliphatic heterocycles. The van der Waals surface area contributed by atoms with E-state index >= 15 is 0 Å². The quantitative estimate of drug-likeness (QED) is 0.810. The highest BCUT2D eigenvalue weighted by Crippen LogP contribution is 2.16. The summed E-state index contributed by atoms with van der Waals surface area (Å²) in [6, 6.07) is 7.27. The van der Waals surface area contributed by atoms with Crippen molar-refractivity contribution in [2.75, 3.05) is 30.4 Å². The van der Waals surface area contributed by atoms with Crippen LogP contribution in [0.1, 0.15) is 12.0 Å². The maximum absolute atomic E-state index is 12.0. The Labute approximate surface area is 125 Å². The Morgan fingerprint density at radius 2 is 2.05 bits per heavy atom. The fraction of sp³-hybridized carbons (Fsp3) is 0.500. The number of anilines is 1. The summed E-state index contributed by atoms with van der Waals surface area (Å²) in [5, 5.41) is 2.80. The van der Waals surface area contributed by atoms with Crippen molar-refractivity contribution in [3.8, 4) is 0 Å². The molecule has 0 saturated carbocycles. The number of nitrogens with one attached hydrogen (secondary N) is 1. The van der Waals surface area contributed by atoms with Crippen LogP contribution in [0.2, 0.25) is 0 Å². The molecule has 1 heterocycles. The van der Waals surface area contributed by atoms with Crippen LogP contribution in [0.5, 0.6) is 0 Å². The van der Waals surface area contributed by atoms with Gasteiger partial charge in [-0.15, -0.1) is 0 Å². The number of carbonyl (C=O) groups excluding carboxylic acids is 1. The van der Waals surface area contributed by atoms with Gasteiger partial charge in [-0.2, -0.15) is 0 Å². The zero-order valence-corrected chi connectivity index (χ0v) is 12.9. The first-order valence-electron chi connectivity index (χ1n) is 6.89. The minimum absolute atomic E-state index is 0.0691. The van der Waals surface area contributed by atoms with Crippen molar-refractivity contribution in [2.45, 2.75) is 19.0 Å². The summed E-state index contributed by atoms with van der Waals surface area (Å²) in [6.45, 7) is 0.645. The van der Waals surface area contributed by atoms with Crippen LogP contribution in [0.25, 0.3) is 0 Å². The van der Waals surface area contributed by atoms with Gasteiger partial charge in [-0.05, 0) is 31.2 Å². The molecule has 7 heteroatoms. The molecule has 0 bridgehead atoms. The van der Waals surface area contributed by atoms with Crippen molar-refractivity contribution in [1.82, 2.24) is 4.90 Å². The number of nitrogens with two attached hydrogens (primary N) is 1. The summed E-state index contributed by atoms with van der Waals surface area (Å²) >= 11 is 0. The lowest BCUT2D eigenvalue weighted by atomic mass is 10.2. The van der Waals surface area contributed by atoms with E-state index in [1.807, 2.05) is 12.1 Å². The van der Waals surface area contributed by atoms with Crippen LogP contribution in [-0.4, -0.2) is 50.4 Å². The summed E-state index contributed by atoms with van der Waals surface area (Å²) in [4.78, 5) is 13.8. The molecule has 0 aromatic heterocycles. The number of amides is 1. The number of hydrogen-bond donors (Lipinski definition) is 2. The number of hydrogen-bond acceptors (Lipinski definition) is 5. The molecule has 1 atom stereocenters. The lowest BCUT2D eigenvalue weighted by Gasteiger charge is -2.22. The summed E-state index contributed by atoms with van der Waals surface area (Å²) in [6.07, 6.45) is 0.595. The van der Waals surface area contributed by atoms with Gasteiger partial charge in [0.1, 0.15) is 0 Å². The zero-order valence-electron chi connectivity index (χ0n) is 12.1. The van der Waals surface area contributed by atoms with Gasteiger partial charge in [-0.3, -0.25) is 9.69 Å². The Balaban J connectivity index is 1.86. The molecule has 1 unspecified atom stereocenters. The van der Waals surface area contributed by atoms with E-state index in [2.05, 4.69) is 5.32 Å². The smallest absolute Gasteiger partial charge is 0.238 e. The summed E-state index contributed by atoms with van der Waals surface area (Å²) in [5.41, 5.74) is 7.23. The van der Waals surface area contributed by atoms with Crippen LogP contribution in [0.4, 0.5) is 5.69 Å². The molecule has 0 spiro atoms. The summed E-state index contributed by atoms with van der Waals surface area (Å²) < 4.78 is 22.9. The first-order chi connectivity index (χ1) is 9.89. The highest BCUT2D eigenvalue weighted by Gasteiger charge is 2.31. The summed E-state index contributed by atoms with van der Waals surface area (Å²) in [7, 11) is -1.15. The van der Waals surface area contributed by atoms with Crippen molar-refractivity contribution < 1.29 is 13.2 Å². The standard InChI is InChI=1S/C14H21N3O3S/c1-17(13-6-7-21(19,20)10-13)9-14(18)16-12-4-2-11(8-15)3-5-12/h2-5,13H,6-10,15H2,1H3,(H,16,18). The van der Waals surface area contributed by atoms with Gasteiger partial charge < -0.3 is 11.1 Å². The van der Waals surface area contributed by atoms with Crippen LogP contribution in [0, 0.1) is 0 Å². The van der Waals surface area contributed by atoms with E-state index in [0.717, 1.165) is 5.56 Å². The Bertz CT molecular complexity index is 598. The van der Waals surface area contributed by atoms with E-state index in [4.69, 9.17) is 5.73 Å². The number of sulfone groups is 1. The first kappa shape index (κ1) is 15.9. The van der Waals surface area contributed by atoms with Crippen molar-refractivity contribution in [2.24, 2.45) is 5.73 Å². The molecule has 0 aliphatic carbocycles. The maximum Gasteiger partial charge on any atom is 0.238 e. The third-order valence-electron chi connectivity index (χ3n) is 3.70. The van der Waals surface area contributed by atoms with Gasteiger partial charge in [-0.25, -0.2) is 8.42 Å². The molecule has 1 aliphatic rings. The van der Waals surface area contributed by atoms with Crippen molar-refractivity contribution >= 4 is 21.4 Å². The maximum atomic E-state index is 12.0. The van der Waals surface area contributed by atoms with E-state index in [-0.39, 0.29) is 30.0 Å². The summed E-state index contributed by atoms with van der Waals surface area (Å²) in [5.74, 6) is 0.203. The fourth-order valence-electron chi connectivity index (χ4n) is 2.40. The topological polar surface area (TPSA) is 92.5 Å². The first-order valence-corrected chi connectivity index (χ1v) is 8.71. The van der Waals surface area contributed by atoms with Gasteiger partial charge in [0, 0.05) is 18.3 Å². The highest BCUT2D eigenvalue weighted by atomic mass is 32.2. The van der Waals surface area contributed by atoms with E-state index in [9.17, 15) is 13.2 Å². The van der Waals surface area contributed by atoms with Crippen molar-refractivity contribution in [3.63, 3.8) is 0 Å². The average molecular weight is 311 g/mol. The molecule has 116 valence electrons. The molecule has 6 nitrogen and oxygen atoms in total. The van der Waals surface area contributed by atoms with Gasteiger partial charge in [-0.1, -0.05) is 12.1 Å². The lowest BCUT2D eigenvalue weighted by molar-refractivity contribution is -0.117. The number of likely N-dealkylation sites (N-methyl/N-ethyl adjacent to an activating group) is 1. The number of benzene rings is 1. The predicted octanol–water partition coefficient (Wildman–Crippen LogP) is 0.203. The third kappa shape index (κ3) is 4.52. The van der Waals surface area contributed by atoms with E-state index in [1.54, 1.807) is 24.1 Å². The molecule has 1 fully saturated rings. The monoisotopic (exact) mass is 311 g/mol. The third-order valence-corrected chi connectivity index (χ3v) is 5.45. The predicted molar refractivity (Wildman–Crippen MR) is 82.7 cm³/mol.